The van der Waals surface area contributed by atoms with E-state index in [1.54, 1.807) is 0 Å². The van der Waals surface area contributed by atoms with Crippen molar-refractivity contribution in [1.29, 1.82) is 0 Å². The highest BCUT2D eigenvalue weighted by Crippen LogP contribution is 2.50. The summed E-state index contributed by atoms with van der Waals surface area (Å²) in [5.74, 6) is 0. The lowest BCUT2D eigenvalue weighted by atomic mass is 9.91. The zero-order chi connectivity index (χ0) is 24.7. The topological polar surface area (TPSA) is 6.48 Å². The molecule has 186 valence electrons. The number of anilines is 2. The lowest BCUT2D eigenvalue weighted by molar-refractivity contribution is 0.616. The summed E-state index contributed by atoms with van der Waals surface area (Å²) < 4.78 is 0. The number of benzene rings is 4. The van der Waals surface area contributed by atoms with Crippen molar-refractivity contribution in [3.63, 3.8) is 0 Å². The van der Waals surface area contributed by atoms with E-state index >= 15 is 0 Å². The molecule has 0 spiro atoms. The number of rotatable bonds is 4. The molecule has 0 radical (unpaired) electrons. The fraction of sp³-hybridized carbons (Fsp3) is 0.273. The third-order valence-electron chi connectivity index (χ3n) is 7.40. The molecule has 0 saturated carbocycles. The summed E-state index contributed by atoms with van der Waals surface area (Å²) in [5, 5.41) is 0. The fourth-order valence-electron chi connectivity index (χ4n) is 6.38. The predicted octanol–water partition coefficient (Wildman–Crippen LogP) is 8.73. The molecule has 1 fully saturated rings. The van der Waals surface area contributed by atoms with Gasteiger partial charge in [0.2, 0.25) is 0 Å². The highest BCUT2D eigenvalue weighted by Gasteiger charge is 2.43. The van der Waals surface area contributed by atoms with Gasteiger partial charge in [0.25, 0.3) is 0 Å². The van der Waals surface area contributed by atoms with Gasteiger partial charge in [0, 0.05) is 11.4 Å². The van der Waals surface area contributed by atoms with Crippen LogP contribution < -0.4 is 9.80 Å². The van der Waals surface area contributed by atoms with Gasteiger partial charge in [-0.05, 0) is 74.9 Å². The summed E-state index contributed by atoms with van der Waals surface area (Å²) >= 11 is 0. The molecule has 0 aromatic heterocycles. The molecule has 0 bridgehead atoms. The van der Waals surface area contributed by atoms with Crippen LogP contribution in [0.4, 0.5) is 11.4 Å². The Bertz CT molecular complexity index is 1200. The lowest BCUT2D eigenvalue weighted by Gasteiger charge is -2.32. The molecule has 2 unspecified atom stereocenters. The lowest BCUT2D eigenvalue weighted by Crippen LogP contribution is -2.28. The van der Waals surface area contributed by atoms with Gasteiger partial charge >= 0.3 is 0 Å². The number of nitrogens with zero attached hydrogens (tertiary/aromatic N) is 2. The maximum absolute atomic E-state index is 2.65. The van der Waals surface area contributed by atoms with Gasteiger partial charge in [-0.1, -0.05) is 96.1 Å². The standard InChI is InChI=1S/C33H36N2.ClH/c1-22-17-24(3)30(25(4)18-22)34-21-35(31-26(5)19-23(2)20-27(31)6)33(29-15-11-8-12-16-29)32(34)28-13-9-7-10-14-28;/h7-20,32-33H,21H2,1-6H3;1H. The van der Waals surface area contributed by atoms with E-state index in [1.807, 2.05) is 0 Å². The number of halogens is 1. The van der Waals surface area contributed by atoms with Crippen LogP contribution in [-0.2, 0) is 0 Å². The maximum atomic E-state index is 2.65. The van der Waals surface area contributed by atoms with E-state index < -0.39 is 0 Å². The van der Waals surface area contributed by atoms with Crippen molar-refractivity contribution in [2.24, 2.45) is 0 Å². The van der Waals surface area contributed by atoms with Crippen molar-refractivity contribution in [2.45, 2.75) is 53.6 Å². The normalized spacial score (nSPS) is 17.3. The minimum Gasteiger partial charge on any atom is -0.344 e. The van der Waals surface area contributed by atoms with Gasteiger partial charge in [-0.2, -0.15) is 0 Å². The first-order valence-electron chi connectivity index (χ1n) is 12.6. The van der Waals surface area contributed by atoms with Gasteiger partial charge < -0.3 is 9.80 Å². The van der Waals surface area contributed by atoms with Gasteiger partial charge in [-0.3, -0.25) is 0 Å². The van der Waals surface area contributed by atoms with Crippen molar-refractivity contribution in [1.82, 2.24) is 0 Å². The zero-order valence-electron chi connectivity index (χ0n) is 22.2. The predicted molar refractivity (Wildman–Crippen MR) is 157 cm³/mol. The summed E-state index contributed by atoms with van der Waals surface area (Å²) in [6.07, 6.45) is 0. The van der Waals surface area contributed by atoms with Gasteiger partial charge in [0.15, 0.2) is 0 Å². The molecule has 0 N–H and O–H groups in total. The molecule has 2 atom stereocenters. The third kappa shape index (κ3) is 4.63. The van der Waals surface area contributed by atoms with Crippen LogP contribution >= 0.6 is 12.4 Å². The highest BCUT2D eigenvalue weighted by atomic mass is 35.5. The summed E-state index contributed by atoms with van der Waals surface area (Å²) in [5.41, 5.74) is 13.4. The second kappa shape index (κ2) is 10.4. The van der Waals surface area contributed by atoms with E-state index in [-0.39, 0.29) is 24.5 Å². The first kappa shape index (κ1) is 25.9. The first-order chi connectivity index (χ1) is 16.8. The van der Waals surface area contributed by atoms with Crippen LogP contribution in [0.2, 0.25) is 0 Å². The molecule has 4 aromatic carbocycles. The number of hydrogen-bond acceptors (Lipinski definition) is 2. The van der Waals surface area contributed by atoms with E-state index in [9.17, 15) is 0 Å². The van der Waals surface area contributed by atoms with Crippen molar-refractivity contribution in [3.05, 3.63) is 129 Å². The summed E-state index contributed by atoms with van der Waals surface area (Å²) in [7, 11) is 0. The molecule has 4 aromatic rings. The Morgan fingerprint density at radius 1 is 0.500 bits per heavy atom. The summed E-state index contributed by atoms with van der Waals surface area (Å²) in [4.78, 5) is 5.30. The van der Waals surface area contributed by atoms with Crippen LogP contribution in [-0.4, -0.2) is 6.67 Å². The van der Waals surface area contributed by atoms with Gasteiger partial charge in [0.1, 0.15) is 0 Å². The van der Waals surface area contributed by atoms with Crippen LogP contribution in [0, 0.1) is 41.5 Å². The second-order valence-corrected chi connectivity index (χ2v) is 10.3. The Balaban J connectivity index is 0.00000304. The van der Waals surface area contributed by atoms with Gasteiger partial charge in [-0.15, -0.1) is 12.4 Å². The zero-order valence-corrected chi connectivity index (χ0v) is 23.1. The summed E-state index contributed by atoms with van der Waals surface area (Å²) in [6, 6.07) is 31.8. The average molecular weight is 497 g/mol. The first-order valence-corrected chi connectivity index (χ1v) is 12.6. The molecule has 1 aliphatic rings. The average Bonchev–Trinajstić information content (AvgIpc) is 3.18. The third-order valence-corrected chi connectivity index (χ3v) is 7.40. The SMILES string of the molecule is Cc1cc(C)c(N2CN(c3c(C)cc(C)cc3C)C(c3ccccc3)C2c2ccccc2)c(C)c1.Cl. The monoisotopic (exact) mass is 496 g/mol. The van der Waals surface area contributed by atoms with E-state index in [2.05, 4.69) is 136 Å². The smallest absolute Gasteiger partial charge is 0.0917 e. The van der Waals surface area contributed by atoms with Crippen LogP contribution in [0.5, 0.6) is 0 Å². The largest absolute Gasteiger partial charge is 0.344 e. The molecule has 3 heteroatoms. The molecule has 0 amide bonds. The van der Waals surface area contributed by atoms with Crippen molar-refractivity contribution in [3.8, 4) is 0 Å². The molecule has 5 rings (SSSR count). The molecule has 1 saturated heterocycles. The van der Waals surface area contributed by atoms with Gasteiger partial charge in [-0.25, -0.2) is 0 Å². The van der Waals surface area contributed by atoms with E-state index in [0.29, 0.717) is 0 Å². The highest BCUT2D eigenvalue weighted by molar-refractivity contribution is 5.85. The number of hydrogen-bond donors (Lipinski definition) is 0. The number of aryl methyl sites for hydroxylation is 6. The molecule has 0 aliphatic carbocycles. The van der Waals surface area contributed by atoms with Crippen molar-refractivity contribution in [2.75, 3.05) is 16.5 Å². The quantitative estimate of drug-likeness (QED) is 0.278. The Labute approximate surface area is 223 Å². The molecule has 1 heterocycles. The van der Waals surface area contributed by atoms with Crippen LogP contribution in [0.15, 0.2) is 84.9 Å². The molecule has 1 aliphatic heterocycles. The summed E-state index contributed by atoms with van der Waals surface area (Å²) in [6.45, 7) is 14.3. The Morgan fingerprint density at radius 2 is 0.806 bits per heavy atom. The maximum Gasteiger partial charge on any atom is 0.0917 e. The van der Waals surface area contributed by atoms with Crippen LogP contribution in [0.3, 0.4) is 0 Å². The van der Waals surface area contributed by atoms with E-state index in [0.717, 1.165) is 6.67 Å². The van der Waals surface area contributed by atoms with E-state index in [1.165, 1.54) is 55.9 Å². The van der Waals surface area contributed by atoms with Crippen LogP contribution in [0.1, 0.15) is 56.6 Å². The molecular weight excluding hydrogens is 460 g/mol. The van der Waals surface area contributed by atoms with Crippen LogP contribution in [0.25, 0.3) is 0 Å². The second-order valence-electron chi connectivity index (χ2n) is 10.3. The molecule has 36 heavy (non-hydrogen) atoms. The minimum atomic E-state index is 0. The minimum absolute atomic E-state index is 0. The Morgan fingerprint density at radius 3 is 1.11 bits per heavy atom. The van der Waals surface area contributed by atoms with Gasteiger partial charge in [0.05, 0.1) is 18.8 Å². The van der Waals surface area contributed by atoms with Crippen molar-refractivity contribution >= 4 is 23.8 Å². The Hall–Kier alpha value is -3.23. The molecular formula is C33H37ClN2. The molecule has 2 nitrogen and oxygen atoms in total. The Kier molecular flexibility index (Phi) is 7.47. The van der Waals surface area contributed by atoms with E-state index in [4.69, 9.17) is 0 Å². The van der Waals surface area contributed by atoms with Crippen molar-refractivity contribution < 1.29 is 0 Å². The fourth-order valence-corrected chi connectivity index (χ4v) is 6.38.